The third-order valence-electron chi connectivity index (χ3n) is 10.6. The zero-order valence-corrected chi connectivity index (χ0v) is 43.6. The first-order valence-corrected chi connectivity index (χ1v) is 25.9. The molecule has 0 radical (unpaired) electrons. The molecule has 0 fully saturated rings. The van der Waals surface area contributed by atoms with Gasteiger partial charge in [-0.15, -0.1) is 0 Å². The highest BCUT2D eigenvalue weighted by Gasteiger charge is 2.24. The Morgan fingerprint density at radius 2 is 0.554 bits per heavy atom. The monoisotopic (exact) mass is 1090 g/mol. The summed E-state index contributed by atoms with van der Waals surface area (Å²) >= 11 is 0. The summed E-state index contributed by atoms with van der Waals surface area (Å²) < 4.78 is 69.3. The molecule has 0 aromatic rings. The van der Waals surface area contributed by atoms with Crippen LogP contribution in [0.25, 0.3) is 0 Å². The topological polar surface area (TPSA) is 391 Å². The predicted molar refractivity (Wildman–Crippen MR) is 261 cm³/mol. The van der Waals surface area contributed by atoms with Gasteiger partial charge < -0.3 is 123 Å². The Morgan fingerprint density at radius 3 is 0.892 bits per heavy atom. The molecule has 0 saturated carbocycles. The molecule has 0 spiro atoms. The normalized spacial score (nSPS) is 17.0. The molecule has 74 heavy (non-hydrogen) atoms. The minimum Gasteiger partial charge on any atom is -0.463 e. The number of hydrogen-bond acceptors (Lipinski definition) is 26. The quantitative estimate of drug-likeness (QED) is 0.0204. The first kappa shape index (κ1) is 72.5. The zero-order chi connectivity index (χ0) is 55.0. The van der Waals surface area contributed by atoms with Crippen LogP contribution in [0.5, 0.6) is 0 Å². The van der Waals surface area contributed by atoms with Gasteiger partial charge >= 0.3 is 5.97 Å². The first-order chi connectivity index (χ1) is 35.8. The fourth-order valence-corrected chi connectivity index (χ4v) is 6.17. The molecular formula is C48H96O26. The highest BCUT2D eigenvalue weighted by Crippen LogP contribution is 2.13. The van der Waals surface area contributed by atoms with Crippen molar-refractivity contribution in [3.63, 3.8) is 0 Å². The van der Waals surface area contributed by atoms with Crippen LogP contribution in [-0.4, -0.2) is 304 Å². The van der Waals surface area contributed by atoms with Crippen LogP contribution < -0.4 is 0 Å². The summed E-state index contributed by atoms with van der Waals surface area (Å²) in [4.78, 5) is 13.0. The Balaban J connectivity index is 6.40. The van der Waals surface area contributed by atoms with Crippen molar-refractivity contribution in [2.45, 2.75) is 144 Å². The number of carbonyl (C=O) groups excluding carboxylic acids is 1. The zero-order valence-electron chi connectivity index (χ0n) is 43.6. The van der Waals surface area contributed by atoms with Gasteiger partial charge in [0.25, 0.3) is 0 Å². The SMILES string of the molecule is CCCCCCCCCCCC(=O)OCC(COCC(COCC(O)CO)OCC(CO)OCC(O)CO)OCC(COCC(COCC(O)CO)OCC(O)CO)OCC(COCC(O)CO)OCC(O)CO. The van der Waals surface area contributed by atoms with Gasteiger partial charge in [0.15, 0.2) is 0 Å². The molecule has 0 bridgehead atoms. The molecule has 26 nitrogen and oxygen atoms in total. The molecule has 0 amide bonds. The van der Waals surface area contributed by atoms with E-state index in [-0.39, 0.29) is 119 Å². The number of ether oxygens (including phenoxy) is 12. The molecular weight excluding hydrogens is 993 g/mol. The molecule has 0 aromatic carbocycles. The molecule has 12 unspecified atom stereocenters. The molecule has 0 saturated heterocycles. The smallest absolute Gasteiger partial charge is 0.305 e. The van der Waals surface area contributed by atoms with Crippen LogP contribution in [0.2, 0.25) is 0 Å². The van der Waals surface area contributed by atoms with E-state index < -0.39 is 125 Å². The van der Waals surface area contributed by atoms with Crippen LogP contribution >= 0.6 is 0 Å². The standard InChI is InChI=1S/C48H96O26/c1-2-3-4-5-6-7-8-9-10-11-48(62)74-35-47(31-67-28-44(26-64-20-37(57)13-50)71-32-42(18-55)68-22-39(59)15-52)73-34-46(72-33-45(70-24-41(61)17-54)29-65-21-38(58)14-51)30-66-27-43(69-23-40(60)16-53)25-63-19-36(56)12-49/h36-47,49-61H,2-35H2,1H3. The van der Waals surface area contributed by atoms with Gasteiger partial charge in [-0.05, 0) is 6.42 Å². The molecule has 0 aromatic heterocycles. The second-order valence-corrected chi connectivity index (χ2v) is 17.9. The van der Waals surface area contributed by atoms with E-state index in [2.05, 4.69) is 6.92 Å². The van der Waals surface area contributed by atoms with Crippen LogP contribution in [0.1, 0.15) is 71.1 Å². The summed E-state index contributed by atoms with van der Waals surface area (Å²) in [6, 6.07) is 0. The van der Waals surface area contributed by atoms with Gasteiger partial charge in [0.2, 0.25) is 0 Å². The largest absolute Gasteiger partial charge is 0.463 e. The highest BCUT2D eigenvalue weighted by atomic mass is 16.6. The first-order valence-electron chi connectivity index (χ1n) is 25.9. The average molecular weight is 1090 g/mol. The fraction of sp³-hybridized carbons (Fsp3) is 0.979. The lowest BCUT2D eigenvalue weighted by Gasteiger charge is -2.27. The van der Waals surface area contributed by atoms with Gasteiger partial charge in [-0.25, -0.2) is 0 Å². The number of hydrogen-bond donors (Lipinski definition) is 13. The Bertz CT molecular complexity index is 1200. The van der Waals surface area contributed by atoms with E-state index in [1.54, 1.807) is 0 Å². The van der Waals surface area contributed by atoms with Gasteiger partial charge in [0, 0.05) is 6.42 Å². The van der Waals surface area contributed by atoms with E-state index in [4.69, 9.17) is 61.9 Å². The molecule has 12 atom stereocenters. The maximum Gasteiger partial charge on any atom is 0.305 e. The number of rotatable bonds is 57. The Hall–Kier alpha value is -1.49. The molecule has 444 valence electrons. The number of carbonyl (C=O) groups is 1. The van der Waals surface area contributed by atoms with Crippen molar-refractivity contribution in [1.29, 1.82) is 0 Å². The Kier molecular flexibility index (Phi) is 50.0. The van der Waals surface area contributed by atoms with Crippen molar-refractivity contribution >= 4 is 5.97 Å². The van der Waals surface area contributed by atoms with E-state index in [0.29, 0.717) is 6.42 Å². The van der Waals surface area contributed by atoms with Crippen molar-refractivity contribution in [3.05, 3.63) is 0 Å². The van der Waals surface area contributed by atoms with Crippen molar-refractivity contribution in [2.24, 2.45) is 0 Å². The fourth-order valence-electron chi connectivity index (χ4n) is 6.17. The minimum atomic E-state index is -1.24. The van der Waals surface area contributed by atoms with Crippen molar-refractivity contribution < 1.29 is 128 Å². The van der Waals surface area contributed by atoms with E-state index in [1.165, 1.54) is 25.7 Å². The Morgan fingerprint density at radius 1 is 0.297 bits per heavy atom. The van der Waals surface area contributed by atoms with Gasteiger partial charge in [0.1, 0.15) is 79.9 Å². The van der Waals surface area contributed by atoms with Crippen molar-refractivity contribution in [1.82, 2.24) is 0 Å². The van der Waals surface area contributed by atoms with E-state index in [9.17, 15) is 66.1 Å². The van der Waals surface area contributed by atoms with Crippen molar-refractivity contribution in [2.75, 3.05) is 159 Å². The molecule has 0 aliphatic heterocycles. The summed E-state index contributed by atoms with van der Waals surface area (Å²) in [5.74, 6) is -0.460. The van der Waals surface area contributed by atoms with Gasteiger partial charge in [-0.3, -0.25) is 4.79 Å². The Labute approximate surface area is 436 Å². The summed E-state index contributed by atoms with van der Waals surface area (Å²) in [5, 5.41) is 124. The lowest BCUT2D eigenvalue weighted by atomic mass is 10.1. The number of esters is 1. The maximum atomic E-state index is 13.0. The van der Waals surface area contributed by atoms with Gasteiger partial charge in [-0.1, -0.05) is 58.3 Å². The average Bonchev–Trinajstić information content (AvgIpc) is 3.41. The maximum absolute atomic E-state index is 13.0. The predicted octanol–water partition coefficient (Wildman–Crippen LogP) is -4.04. The van der Waals surface area contributed by atoms with Gasteiger partial charge in [-0.2, -0.15) is 0 Å². The minimum absolute atomic E-state index is 0.153. The van der Waals surface area contributed by atoms with Crippen LogP contribution in [0.4, 0.5) is 0 Å². The van der Waals surface area contributed by atoms with Crippen LogP contribution in [0.3, 0.4) is 0 Å². The van der Waals surface area contributed by atoms with Crippen LogP contribution in [0.15, 0.2) is 0 Å². The molecule has 0 aliphatic rings. The number of aliphatic hydroxyl groups is 13. The molecule has 0 rings (SSSR count). The second-order valence-electron chi connectivity index (χ2n) is 17.9. The third-order valence-corrected chi connectivity index (χ3v) is 10.6. The van der Waals surface area contributed by atoms with Gasteiger partial charge in [0.05, 0.1) is 152 Å². The summed E-state index contributed by atoms with van der Waals surface area (Å²) in [7, 11) is 0. The number of aliphatic hydroxyl groups excluding tert-OH is 13. The van der Waals surface area contributed by atoms with E-state index in [1.807, 2.05) is 0 Å². The number of unbranched alkanes of at least 4 members (excludes halogenated alkanes) is 8. The molecule has 0 aliphatic carbocycles. The highest BCUT2D eigenvalue weighted by molar-refractivity contribution is 5.69. The summed E-state index contributed by atoms with van der Waals surface area (Å²) in [5.41, 5.74) is 0. The molecule has 13 N–H and O–H groups in total. The summed E-state index contributed by atoms with van der Waals surface area (Å²) in [6.45, 7) is -5.58. The van der Waals surface area contributed by atoms with Crippen molar-refractivity contribution in [3.8, 4) is 0 Å². The van der Waals surface area contributed by atoms with Crippen LogP contribution in [-0.2, 0) is 61.6 Å². The third kappa shape index (κ3) is 43.5. The summed E-state index contributed by atoms with van der Waals surface area (Å²) in [6.07, 6.45) is -2.94. The lowest BCUT2D eigenvalue weighted by molar-refractivity contribution is -0.161. The lowest BCUT2D eigenvalue weighted by Crippen LogP contribution is -2.39. The van der Waals surface area contributed by atoms with Crippen LogP contribution in [0, 0.1) is 0 Å². The molecule has 26 heteroatoms. The molecule has 0 heterocycles. The van der Waals surface area contributed by atoms with E-state index >= 15 is 0 Å². The second kappa shape index (κ2) is 51.0. The van der Waals surface area contributed by atoms with E-state index in [0.717, 1.165) is 25.7 Å².